The Morgan fingerprint density at radius 2 is 1.65 bits per heavy atom. The maximum Gasteiger partial charge on any atom is 0.317 e. The Balaban J connectivity index is 1.64. The number of rotatable bonds is 5. The van der Waals surface area contributed by atoms with E-state index in [0.29, 0.717) is 18.5 Å². The number of amides is 1. The second-order valence-electron chi connectivity index (χ2n) is 6.43. The summed E-state index contributed by atoms with van der Waals surface area (Å²) in [5.41, 5.74) is 0.622. The third kappa shape index (κ3) is 4.23. The molecule has 26 heavy (non-hydrogen) atoms. The number of halogens is 2. The second-order valence-corrected chi connectivity index (χ2v) is 7.67. The Bertz CT molecular complexity index is 784. The second kappa shape index (κ2) is 8.16. The van der Waals surface area contributed by atoms with Crippen LogP contribution in [-0.2, 0) is 19.7 Å². The number of hydrogen-bond acceptors (Lipinski definition) is 3. The van der Waals surface area contributed by atoms with Gasteiger partial charge in [-0.3, -0.25) is 9.59 Å². The van der Waals surface area contributed by atoms with Crippen molar-refractivity contribution < 1.29 is 18.7 Å². The highest BCUT2D eigenvalue weighted by Gasteiger charge is 2.44. The van der Waals surface area contributed by atoms with Crippen molar-refractivity contribution in [3.8, 4) is 0 Å². The molecule has 0 spiro atoms. The van der Waals surface area contributed by atoms with Crippen LogP contribution in [0.3, 0.4) is 0 Å². The molecule has 6 heteroatoms. The molecular formula is C20H19FINO3. The van der Waals surface area contributed by atoms with E-state index in [9.17, 15) is 14.0 Å². The highest BCUT2D eigenvalue weighted by Crippen LogP contribution is 2.42. The Morgan fingerprint density at radius 1 is 1.04 bits per heavy atom. The van der Waals surface area contributed by atoms with Gasteiger partial charge in [0.15, 0.2) is 6.61 Å². The van der Waals surface area contributed by atoms with Crippen molar-refractivity contribution in [2.75, 3.05) is 11.9 Å². The van der Waals surface area contributed by atoms with E-state index in [2.05, 4.69) is 27.9 Å². The van der Waals surface area contributed by atoms with Gasteiger partial charge in [-0.2, -0.15) is 0 Å². The average molecular weight is 467 g/mol. The summed E-state index contributed by atoms with van der Waals surface area (Å²) in [6.07, 6.45) is 3.11. The van der Waals surface area contributed by atoms with Crippen LogP contribution in [0.1, 0.15) is 31.2 Å². The van der Waals surface area contributed by atoms with Gasteiger partial charge < -0.3 is 10.1 Å². The van der Waals surface area contributed by atoms with Gasteiger partial charge in [-0.25, -0.2) is 4.39 Å². The molecule has 1 aliphatic rings. The van der Waals surface area contributed by atoms with Crippen molar-refractivity contribution in [3.63, 3.8) is 0 Å². The molecule has 0 aromatic heterocycles. The molecule has 0 heterocycles. The van der Waals surface area contributed by atoms with Gasteiger partial charge in [0.1, 0.15) is 5.82 Å². The molecular weight excluding hydrogens is 448 g/mol. The molecule has 1 amide bonds. The van der Waals surface area contributed by atoms with Gasteiger partial charge in [0.25, 0.3) is 5.91 Å². The fraction of sp³-hybridized carbons (Fsp3) is 0.300. The van der Waals surface area contributed by atoms with Crippen molar-refractivity contribution in [1.82, 2.24) is 0 Å². The van der Waals surface area contributed by atoms with Gasteiger partial charge in [0.05, 0.1) is 5.41 Å². The van der Waals surface area contributed by atoms with Crippen molar-refractivity contribution in [2.45, 2.75) is 31.1 Å². The zero-order valence-corrected chi connectivity index (χ0v) is 16.3. The summed E-state index contributed by atoms with van der Waals surface area (Å²) in [4.78, 5) is 24.8. The summed E-state index contributed by atoms with van der Waals surface area (Å²) in [7, 11) is 0. The molecule has 0 radical (unpaired) electrons. The number of hydrogen-bond donors (Lipinski definition) is 1. The molecule has 0 bridgehead atoms. The maximum atomic E-state index is 13.2. The molecule has 4 nitrogen and oxygen atoms in total. The molecule has 2 aromatic carbocycles. The smallest absolute Gasteiger partial charge is 0.317 e. The number of ether oxygens (including phenoxy) is 1. The van der Waals surface area contributed by atoms with E-state index in [1.807, 2.05) is 12.1 Å². The van der Waals surface area contributed by atoms with E-state index in [4.69, 9.17) is 4.74 Å². The minimum Gasteiger partial charge on any atom is -0.455 e. The van der Waals surface area contributed by atoms with Crippen molar-refractivity contribution in [2.24, 2.45) is 0 Å². The summed E-state index contributed by atoms with van der Waals surface area (Å²) in [6.45, 7) is -0.340. The van der Waals surface area contributed by atoms with Crippen LogP contribution in [0.25, 0.3) is 0 Å². The highest BCUT2D eigenvalue weighted by atomic mass is 127. The van der Waals surface area contributed by atoms with Gasteiger partial charge in [0, 0.05) is 9.26 Å². The summed E-state index contributed by atoms with van der Waals surface area (Å²) >= 11 is 2.18. The van der Waals surface area contributed by atoms with E-state index in [1.165, 1.54) is 12.1 Å². The standard InChI is InChI=1S/C20H19FINO3/c21-15-5-3-14(4-6-15)20(11-1-2-12-20)19(25)26-13-18(24)23-17-9-7-16(22)8-10-17/h3-10H,1-2,11-13H2,(H,23,24). The van der Waals surface area contributed by atoms with E-state index < -0.39 is 11.4 Å². The molecule has 136 valence electrons. The van der Waals surface area contributed by atoms with E-state index in [1.54, 1.807) is 24.3 Å². The molecule has 0 atom stereocenters. The summed E-state index contributed by atoms with van der Waals surface area (Å²) in [5.74, 6) is -1.14. The first kappa shape index (κ1) is 18.8. The molecule has 0 unspecified atom stereocenters. The third-order valence-electron chi connectivity index (χ3n) is 4.71. The van der Waals surface area contributed by atoms with Crippen LogP contribution < -0.4 is 5.32 Å². The van der Waals surface area contributed by atoms with E-state index in [-0.39, 0.29) is 18.3 Å². The lowest BCUT2D eigenvalue weighted by molar-refractivity contribution is -0.153. The fourth-order valence-corrected chi connectivity index (χ4v) is 3.72. The Morgan fingerprint density at radius 3 is 2.27 bits per heavy atom. The molecule has 0 aliphatic heterocycles. The first-order valence-electron chi connectivity index (χ1n) is 8.48. The summed E-state index contributed by atoms with van der Waals surface area (Å²) < 4.78 is 19.6. The predicted octanol–water partition coefficient (Wildman–Crippen LogP) is 4.42. The number of esters is 1. The van der Waals surface area contributed by atoms with E-state index in [0.717, 1.165) is 22.0 Å². The van der Waals surface area contributed by atoms with Crippen LogP contribution in [0.4, 0.5) is 10.1 Å². The first-order chi connectivity index (χ1) is 12.5. The summed E-state index contributed by atoms with van der Waals surface area (Å²) in [6, 6.07) is 13.3. The monoisotopic (exact) mass is 467 g/mol. The van der Waals surface area contributed by atoms with Crippen molar-refractivity contribution >= 4 is 40.2 Å². The molecule has 0 saturated heterocycles. The van der Waals surface area contributed by atoms with Gasteiger partial charge in [-0.15, -0.1) is 0 Å². The number of carbonyl (C=O) groups is 2. The van der Waals surface area contributed by atoms with Gasteiger partial charge in [-0.05, 0) is 77.4 Å². The van der Waals surface area contributed by atoms with Gasteiger partial charge >= 0.3 is 5.97 Å². The maximum absolute atomic E-state index is 13.2. The average Bonchev–Trinajstić information content (AvgIpc) is 3.13. The molecule has 1 N–H and O–H groups in total. The third-order valence-corrected chi connectivity index (χ3v) is 5.43. The number of benzene rings is 2. The number of nitrogens with one attached hydrogen (secondary N) is 1. The normalized spacial score (nSPS) is 15.5. The fourth-order valence-electron chi connectivity index (χ4n) is 3.36. The zero-order chi connectivity index (χ0) is 18.6. The molecule has 2 aromatic rings. The van der Waals surface area contributed by atoms with E-state index >= 15 is 0 Å². The molecule has 1 fully saturated rings. The Hall–Kier alpha value is -1.96. The van der Waals surface area contributed by atoms with Gasteiger partial charge in [-0.1, -0.05) is 25.0 Å². The minimum absolute atomic E-state index is 0.340. The van der Waals surface area contributed by atoms with Crippen LogP contribution >= 0.6 is 22.6 Å². The van der Waals surface area contributed by atoms with Crippen LogP contribution in [0.2, 0.25) is 0 Å². The lowest BCUT2D eigenvalue weighted by atomic mass is 9.79. The summed E-state index contributed by atoms with van der Waals surface area (Å²) in [5, 5.41) is 2.71. The quantitative estimate of drug-likeness (QED) is 0.523. The number of carbonyl (C=O) groups excluding carboxylic acids is 2. The van der Waals surface area contributed by atoms with Gasteiger partial charge in [0.2, 0.25) is 0 Å². The molecule has 1 saturated carbocycles. The lowest BCUT2D eigenvalue weighted by Gasteiger charge is -2.27. The molecule has 1 aliphatic carbocycles. The SMILES string of the molecule is O=C(COC(=O)C1(c2ccc(F)cc2)CCCC1)Nc1ccc(I)cc1. The van der Waals surface area contributed by atoms with Crippen LogP contribution in [0.5, 0.6) is 0 Å². The van der Waals surface area contributed by atoms with Crippen LogP contribution in [0, 0.1) is 9.39 Å². The van der Waals surface area contributed by atoms with Crippen molar-refractivity contribution in [3.05, 3.63) is 63.5 Å². The van der Waals surface area contributed by atoms with Crippen LogP contribution in [-0.4, -0.2) is 18.5 Å². The minimum atomic E-state index is -0.781. The van der Waals surface area contributed by atoms with Crippen LogP contribution in [0.15, 0.2) is 48.5 Å². The predicted molar refractivity (Wildman–Crippen MR) is 105 cm³/mol. The Labute approximate surface area is 165 Å². The zero-order valence-electron chi connectivity index (χ0n) is 14.1. The lowest BCUT2D eigenvalue weighted by Crippen LogP contribution is -2.36. The Kier molecular flexibility index (Phi) is 5.90. The largest absolute Gasteiger partial charge is 0.455 e. The molecule has 3 rings (SSSR count). The first-order valence-corrected chi connectivity index (χ1v) is 9.56. The van der Waals surface area contributed by atoms with Crippen molar-refractivity contribution in [1.29, 1.82) is 0 Å². The topological polar surface area (TPSA) is 55.4 Å². The number of anilines is 1. The highest BCUT2D eigenvalue weighted by molar-refractivity contribution is 14.1.